The lowest BCUT2D eigenvalue weighted by molar-refractivity contribution is 0.0865. The maximum absolute atomic E-state index is 12.6. The smallest absolute Gasteiger partial charge is 0.268 e. The summed E-state index contributed by atoms with van der Waals surface area (Å²) in [6.07, 6.45) is 4.22. The summed E-state index contributed by atoms with van der Waals surface area (Å²) in [7, 11) is 1.92. The van der Waals surface area contributed by atoms with Crippen LogP contribution in [0.3, 0.4) is 0 Å². The number of aryl methyl sites for hydroxylation is 1. The molecule has 21 heavy (non-hydrogen) atoms. The predicted octanol–water partition coefficient (Wildman–Crippen LogP) is 2.46. The molecule has 2 aromatic rings. The van der Waals surface area contributed by atoms with Crippen LogP contribution in [0.4, 0.5) is 0 Å². The molecule has 3 rings (SSSR count). The summed E-state index contributed by atoms with van der Waals surface area (Å²) in [6, 6.07) is 10.0. The van der Waals surface area contributed by atoms with Gasteiger partial charge in [0.1, 0.15) is 5.69 Å². The lowest BCUT2D eigenvalue weighted by Crippen LogP contribution is -2.43. The van der Waals surface area contributed by atoms with Gasteiger partial charge in [0.15, 0.2) is 0 Å². The Labute approximate surface area is 124 Å². The van der Waals surface area contributed by atoms with Crippen molar-refractivity contribution in [3.05, 3.63) is 36.0 Å². The van der Waals surface area contributed by atoms with E-state index in [1.165, 1.54) is 0 Å². The molecule has 0 saturated heterocycles. The van der Waals surface area contributed by atoms with Gasteiger partial charge in [0.2, 0.25) is 0 Å². The number of aromatic nitrogens is 1. The van der Waals surface area contributed by atoms with Crippen LogP contribution in [0.2, 0.25) is 0 Å². The first-order valence-electron chi connectivity index (χ1n) is 7.67. The SMILES string of the molecule is Cn1c(C(=O)NC2CCCCC2CO)cc2ccccc21. The summed E-state index contributed by atoms with van der Waals surface area (Å²) in [5, 5.41) is 13.7. The second-order valence-corrected chi connectivity index (χ2v) is 5.95. The van der Waals surface area contributed by atoms with Crippen LogP contribution in [0.1, 0.15) is 36.2 Å². The molecule has 1 aromatic heterocycles. The normalized spacial score (nSPS) is 22.4. The van der Waals surface area contributed by atoms with E-state index in [1.54, 1.807) is 0 Å². The number of hydrogen-bond acceptors (Lipinski definition) is 2. The van der Waals surface area contributed by atoms with Crippen molar-refractivity contribution >= 4 is 16.8 Å². The fourth-order valence-corrected chi connectivity index (χ4v) is 3.37. The summed E-state index contributed by atoms with van der Waals surface area (Å²) in [5.41, 5.74) is 1.74. The minimum absolute atomic E-state index is 0.0425. The summed E-state index contributed by atoms with van der Waals surface area (Å²) in [5.74, 6) is 0.149. The Balaban J connectivity index is 1.82. The number of benzene rings is 1. The van der Waals surface area contributed by atoms with Crippen LogP contribution in [0.5, 0.6) is 0 Å². The lowest BCUT2D eigenvalue weighted by Gasteiger charge is -2.30. The van der Waals surface area contributed by atoms with Gasteiger partial charge in [0.25, 0.3) is 5.91 Å². The molecule has 4 nitrogen and oxygen atoms in total. The summed E-state index contributed by atoms with van der Waals surface area (Å²) in [6.45, 7) is 0.153. The van der Waals surface area contributed by atoms with Gasteiger partial charge in [-0.2, -0.15) is 0 Å². The molecule has 1 aromatic carbocycles. The van der Waals surface area contributed by atoms with Crippen LogP contribution in [-0.2, 0) is 7.05 Å². The standard InChI is InChI=1S/C17H22N2O2/c1-19-15-9-5-3-6-12(15)10-16(19)17(21)18-14-8-4-2-7-13(14)11-20/h3,5-6,9-10,13-14,20H,2,4,7-8,11H2,1H3,(H,18,21). The van der Waals surface area contributed by atoms with Gasteiger partial charge in [-0.25, -0.2) is 0 Å². The first-order chi connectivity index (χ1) is 10.2. The van der Waals surface area contributed by atoms with E-state index in [0.29, 0.717) is 5.69 Å². The van der Waals surface area contributed by atoms with Crippen LogP contribution < -0.4 is 5.32 Å². The Kier molecular flexibility index (Phi) is 3.97. The zero-order chi connectivity index (χ0) is 14.8. The van der Waals surface area contributed by atoms with Crippen molar-refractivity contribution in [2.24, 2.45) is 13.0 Å². The Bertz CT molecular complexity index is 647. The van der Waals surface area contributed by atoms with E-state index in [-0.39, 0.29) is 24.5 Å². The quantitative estimate of drug-likeness (QED) is 0.910. The van der Waals surface area contributed by atoms with Crippen molar-refractivity contribution in [1.82, 2.24) is 9.88 Å². The zero-order valence-corrected chi connectivity index (χ0v) is 12.4. The molecule has 2 N–H and O–H groups in total. The highest BCUT2D eigenvalue weighted by Crippen LogP contribution is 2.25. The number of carbonyl (C=O) groups is 1. The maximum atomic E-state index is 12.6. The lowest BCUT2D eigenvalue weighted by atomic mass is 9.85. The largest absolute Gasteiger partial charge is 0.396 e. The molecule has 2 atom stereocenters. The van der Waals surface area contributed by atoms with Crippen LogP contribution in [-0.4, -0.2) is 28.2 Å². The van der Waals surface area contributed by atoms with Gasteiger partial charge in [0.05, 0.1) is 0 Å². The highest BCUT2D eigenvalue weighted by atomic mass is 16.3. The second-order valence-electron chi connectivity index (χ2n) is 5.95. The number of fused-ring (bicyclic) bond motifs is 1. The molecule has 0 spiro atoms. The van der Waals surface area contributed by atoms with E-state index >= 15 is 0 Å². The van der Waals surface area contributed by atoms with Gasteiger partial charge in [-0.05, 0) is 25.0 Å². The third kappa shape index (κ3) is 2.68. The maximum Gasteiger partial charge on any atom is 0.268 e. The van der Waals surface area contributed by atoms with E-state index in [4.69, 9.17) is 0 Å². The number of para-hydroxylation sites is 1. The molecule has 112 valence electrons. The predicted molar refractivity (Wildman–Crippen MR) is 83.2 cm³/mol. The van der Waals surface area contributed by atoms with Crippen LogP contribution in [0.25, 0.3) is 10.9 Å². The minimum Gasteiger partial charge on any atom is -0.396 e. The van der Waals surface area contributed by atoms with E-state index < -0.39 is 0 Å². The molecule has 0 aliphatic heterocycles. The van der Waals surface area contributed by atoms with Gasteiger partial charge < -0.3 is 15.0 Å². The Morgan fingerprint density at radius 3 is 2.86 bits per heavy atom. The summed E-state index contributed by atoms with van der Waals surface area (Å²) < 4.78 is 1.93. The second kappa shape index (κ2) is 5.90. The minimum atomic E-state index is -0.0425. The summed E-state index contributed by atoms with van der Waals surface area (Å²) in [4.78, 5) is 12.6. The molecule has 1 heterocycles. The van der Waals surface area contributed by atoms with E-state index in [9.17, 15) is 9.90 Å². The third-order valence-corrected chi connectivity index (χ3v) is 4.64. The molecule has 0 radical (unpaired) electrons. The number of hydrogen-bond donors (Lipinski definition) is 2. The van der Waals surface area contributed by atoms with Crippen LogP contribution >= 0.6 is 0 Å². The van der Waals surface area contributed by atoms with Crippen LogP contribution in [0.15, 0.2) is 30.3 Å². The van der Waals surface area contributed by atoms with Gasteiger partial charge in [-0.3, -0.25) is 4.79 Å². The first kappa shape index (κ1) is 14.1. The highest BCUT2D eigenvalue weighted by molar-refractivity contribution is 5.98. The molecule has 1 aliphatic rings. The Morgan fingerprint density at radius 2 is 2.10 bits per heavy atom. The number of amides is 1. The van der Waals surface area contributed by atoms with E-state index in [1.807, 2.05) is 41.9 Å². The fourth-order valence-electron chi connectivity index (χ4n) is 3.37. The molecule has 2 unspecified atom stereocenters. The monoisotopic (exact) mass is 286 g/mol. The van der Waals surface area contributed by atoms with Crippen molar-refractivity contribution in [3.63, 3.8) is 0 Å². The van der Waals surface area contributed by atoms with Crippen molar-refractivity contribution < 1.29 is 9.90 Å². The molecule has 1 aliphatic carbocycles. The number of nitrogens with zero attached hydrogens (tertiary/aromatic N) is 1. The van der Waals surface area contributed by atoms with Crippen molar-refractivity contribution in [1.29, 1.82) is 0 Å². The molecular weight excluding hydrogens is 264 g/mol. The molecule has 4 heteroatoms. The number of aliphatic hydroxyl groups excluding tert-OH is 1. The number of rotatable bonds is 3. The third-order valence-electron chi connectivity index (χ3n) is 4.64. The number of aliphatic hydroxyl groups is 1. The molecule has 1 fully saturated rings. The van der Waals surface area contributed by atoms with Gasteiger partial charge >= 0.3 is 0 Å². The average Bonchev–Trinajstić information content (AvgIpc) is 2.85. The Morgan fingerprint density at radius 1 is 1.33 bits per heavy atom. The molecule has 1 saturated carbocycles. The summed E-state index contributed by atoms with van der Waals surface area (Å²) >= 11 is 0. The Hall–Kier alpha value is -1.81. The van der Waals surface area contributed by atoms with Gasteiger partial charge in [0, 0.05) is 36.5 Å². The van der Waals surface area contributed by atoms with E-state index in [2.05, 4.69) is 5.32 Å². The molecule has 1 amide bonds. The first-order valence-corrected chi connectivity index (χ1v) is 7.67. The van der Waals surface area contributed by atoms with E-state index in [0.717, 1.165) is 36.6 Å². The average molecular weight is 286 g/mol. The van der Waals surface area contributed by atoms with Gasteiger partial charge in [-0.1, -0.05) is 31.0 Å². The molecule has 0 bridgehead atoms. The van der Waals surface area contributed by atoms with Gasteiger partial charge in [-0.15, -0.1) is 0 Å². The zero-order valence-electron chi connectivity index (χ0n) is 12.4. The van der Waals surface area contributed by atoms with Crippen molar-refractivity contribution in [2.75, 3.05) is 6.61 Å². The van der Waals surface area contributed by atoms with Crippen LogP contribution in [0, 0.1) is 5.92 Å². The topological polar surface area (TPSA) is 54.3 Å². The number of nitrogens with one attached hydrogen (secondary N) is 1. The number of carbonyl (C=O) groups excluding carboxylic acids is 1. The molecular formula is C17H22N2O2. The fraction of sp³-hybridized carbons (Fsp3) is 0.471. The van der Waals surface area contributed by atoms with Crippen molar-refractivity contribution in [2.45, 2.75) is 31.7 Å². The van der Waals surface area contributed by atoms with Crippen molar-refractivity contribution in [3.8, 4) is 0 Å². The highest BCUT2D eigenvalue weighted by Gasteiger charge is 2.27.